The molecule has 0 aliphatic heterocycles. The maximum atomic E-state index is 13.1. The van der Waals surface area contributed by atoms with Crippen molar-refractivity contribution in [3.05, 3.63) is 70.5 Å². The molecule has 2 nitrogen and oxygen atoms in total. The Bertz CT molecular complexity index is 782. The smallest absolute Gasteiger partial charge is 0.194 e. The topological polar surface area (TPSA) is 24.7 Å². The highest BCUT2D eigenvalue weighted by Gasteiger charge is 2.19. The second kappa shape index (κ2) is 8.30. The summed E-state index contributed by atoms with van der Waals surface area (Å²) < 4.78 is 39.1. The fourth-order valence-electron chi connectivity index (χ4n) is 3.30. The van der Waals surface area contributed by atoms with E-state index in [0.29, 0.717) is 5.92 Å². The fourth-order valence-corrected chi connectivity index (χ4v) is 3.30. The Morgan fingerprint density at radius 3 is 1.92 bits per heavy atom. The van der Waals surface area contributed by atoms with E-state index in [-0.39, 0.29) is 5.56 Å². The fraction of sp³-hybridized carbons (Fsp3) is 0.333. The first kappa shape index (κ1) is 18.4. The zero-order valence-electron chi connectivity index (χ0n) is 14.6. The van der Waals surface area contributed by atoms with Gasteiger partial charge in [0.2, 0.25) is 0 Å². The average Bonchev–Trinajstić information content (AvgIpc) is 2.64. The molecule has 2 aromatic rings. The first-order valence-corrected chi connectivity index (χ1v) is 8.84. The van der Waals surface area contributed by atoms with E-state index in [1.54, 1.807) is 6.21 Å². The lowest BCUT2D eigenvalue weighted by molar-refractivity contribution is 0.348. The summed E-state index contributed by atoms with van der Waals surface area (Å²) in [6, 6.07) is 9.97. The Balaban J connectivity index is 1.60. The molecule has 5 heteroatoms. The Kier molecular flexibility index (Phi) is 5.86. The van der Waals surface area contributed by atoms with Crippen LogP contribution in [0.2, 0.25) is 0 Å². The molecule has 0 bridgehead atoms. The van der Waals surface area contributed by atoms with Crippen molar-refractivity contribution in [1.29, 1.82) is 0 Å². The van der Waals surface area contributed by atoms with Crippen LogP contribution in [0, 0.1) is 23.4 Å². The predicted molar refractivity (Wildman–Crippen MR) is 98.3 cm³/mol. The minimum Gasteiger partial charge on any atom is -0.204 e. The van der Waals surface area contributed by atoms with Gasteiger partial charge in [0.15, 0.2) is 17.5 Å². The molecule has 0 heterocycles. The third kappa shape index (κ3) is 4.59. The zero-order valence-corrected chi connectivity index (χ0v) is 14.6. The molecule has 0 aromatic heterocycles. The number of benzene rings is 2. The molecule has 1 aliphatic rings. The molecule has 0 saturated heterocycles. The van der Waals surface area contributed by atoms with Gasteiger partial charge in [-0.1, -0.05) is 44.0 Å². The van der Waals surface area contributed by atoms with E-state index < -0.39 is 17.5 Å². The van der Waals surface area contributed by atoms with Gasteiger partial charge in [0.1, 0.15) is 0 Å². The van der Waals surface area contributed by atoms with E-state index in [2.05, 4.69) is 29.3 Å². The summed E-state index contributed by atoms with van der Waals surface area (Å²) in [5, 5.41) is 7.63. The van der Waals surface area contributed by atoms with Gasteiger partial charge in [0.25, 0.3) is 0 Å². The Morgan fingerprint density at radius 1 is 0.808 bits per heavy atom. The Hall–Kier alpha value is -2.43. The third-order valence-electron chi connectivity index (χ3n) is 4.91. The van der Waals surface area contributed by atoms with E-state index in [0.717, 1.165) is 23.6 Å². The van der Waals surface area contributed by atoms with Gasteiger partial charge >= 0.3 is 0 Å². The molecule has 2 aromatic carbocycles. The lowest BCUT2D eigenvalue weighted by Crippen LogP contribution is -2.10. The molecule has 0 spiro atoms. The molecule has 26 heavy (non-hydrogen) atoms. The van der Waals surface area contributed by atoms with Crippen LogP contribution in [0.15, 0.2) is 46.6 Å². The maximum absolute atomic E-state index is 13.1. The third-order valence-corrected chi connectivity index (χ3v) is 4.91. The van der Waals surface area contributed by atoms with Crippen LogP contribution in [0.1, 0.15) is 55.2 Å². The number of hydrogen-bond donors (Lipinski definition) is 0. The van der Waals surface area contributed by atoms with Crippen molar-refractivity contribution in [2.45, 2.75) is 38.5 Å². The molecule has 0 N–H and O–H groups in total. The van der Waals surface area contributed by atoms with Gasteiger partial charge in [-0.3, -0.25) is 0 Å². The van der Waals surface area contributed by atoms with E-state index in [9.17, 15) is 13.2 Å². The monoisotopic (exact) mass is 358 g/mol. The normalized spacial score (nSPS) is 20.9. The summed E-state index contributed by atoms with van der Waals surface area (Å²) in [7, 11) is 0. The highest BCUT2D eigenvalue weighted by Crippen LogP contribution is 2.35. The summed E-state index contributed by atoms with van der Waals surface area (Å²) in [5.74, 6) is -2.51. The van der Waals surface area contributed by atoms with Crippen LogP contribution >= 0.6 is 0 Å². The van der Waals surface area contributed by atoms with E-state index in [4.69, 9.17) is 0 Å². The van der Waals surface area contributed by atoms with Crippen molar-refractivity contribution in [2.24, 2.45) is 16.1 Å². The predicted octanol–water partition coefficient (Wildman–Crippen LogP) is 5.85. The minimum absolute atomic E-state index is 0.112. The molecule has 0 unspecified atom stereocenters. The largest absolute Gasteiger partial charge is 0.204 e. The van der Waals surface area contributed by atoms with Gasteiger partial charge in [0, 0.05) is 5.56 Å². The Morgan fingerprint density at radius 2 is 1.35 bits per heavy atom. The zero-order chi connectivity index (χ0) is 18.5. The van der Waals surface area contributed by atoms with Gasteiger partial charge in [-0.05, 0) is 47.9 Å². The first-order chi connectivity index (χ1) is 12.5. The van der Waals surface area contributed by atoms with Gasteiger partial charge in [-0.15, -0.1) is 0 Å². The summed E-state index contributed by atoms with van der Waals surface area (Å²) in [4.78, 5) is 0. The van der Waals surface area contributed by atoms with Crippen molar-refractivity contribution in [2.75, 3.05) is 0 Å². The van der Waals surface area contributed by atoms with E-state index in [1.807, 2.05) is 12.1 Å². The minimum atomic E-state index is -1.49. The molecule has 0 radical (unpaired) electrons. The van der Waals surface area contributed by atoms with Gasteiger partial charge < -0.3 is 0 Å². The molecule has 1 aliphatic carbocycles. The highest BCUT2D eigenvalue weighted by atomic mass is 19.2. The Labute approximate surface area is 151 Å². The van der Waals surface area contributed by atoms with E-state index >= 15 is 0 Å². The molecule has 1 saturated carbocycles. The molecular formula is C21H21F3N2. The molecule has 0 atom stereocenters. The van der Waals surface area contributed by atoms with Crippen molar-refractivity contribution in [3.63, 3.8) is 0 Å². The first-order valence-electron chi connectivity index (χ1n) is 8.84. The molecule has 3 rings (SSSR count). The summed E-state index contributed by atoms with van der Waals surface area (Å²) >= 11 is 0. The van der Waals surface area contributed by atoms with Crippen molar-refractivity contribution < 1.29 is 13.2 Å². The van der Waals surface area contributed by atoms with Crippen LogP contribution < -0.4 is 0 Å². The molecule has 1 fully saturated rings. The quantitative estimate of drug-likeness (QED) is 0.372. The van der Waals surface area contributed by atoms with Crippen molar-refractivity contribution in [3.8, 4) is 0 Å². The lowest BCUT2D eigenvalue weighted by Gasteiger charge is -2.26. The number of halogens is 3. The molecule has 136 valence electrons. The molecule has 0 amide bonds. The second-order valence-electron chi connectivity index (χ2n) is 6.91. The van der Waals surface area contributed by atoms with Crippen LogP contribution in [0.3, 0.4) is 0 Å². The standard InChI is InChI=1S/C21H21F3N2/c1-14-2-6-17(7-3-14)18-8-4-15(5-9-18)12-25-26-13-16-10-19(22)21(24)20(23)11-16/h4-5,8-14,17H,2-3,6-7H2,1H3. The van der Waals surface area contributed by atoms with Crippen molar-refractivity contribution in [1.82, 2.24) is 0 Å². The van der Waals surface area contributed by atoms with Crippen LogP contribution in [0.5, 0.6) is 0 Å². The average molecular weight is 358 g/mol. The SMILES string of the molecule is CC1CCC(c2ccc(C=NN=Cc3cc(F)c(F)c(F)c3)cc2)CC1. The summed E-state index contributed by atoms with van der Waals surface area (Å²) in [6.45, 7) is 2.31. The van der Waals surface area contributed by atoms with Gasteiger partial charge in [-0.2, -0.15) is 10.2 Å². The second-order valence-corrected chi connectivity index (χ2v) is 6.91. The maximum Gasteiger partial charge on any atom is 0.194 e. The lowest BCUT2D eigenvalue weighted by atomic mass is 9.79. The van der Waals surface area contributed by atoms with E-state index in [1.165, 1.54) is 37.5 Å². The summed E-state index contributed by atoms with van der Waals surface area (Å²) in [6.07, 6.45) is 7.80. The molecular weight excluding hydrogens is 337 g/mol. The van der Waals surface area contributed by atoms with Crippen LogP contribution in [-0.2, 0) is 0 Å². The van der Waals surface area contributed by atoms with Crippen LogP contribution in [0.4, 0.5) is 13.2 Å². The van der Waals surface area contributed by atoms with Gasteiger partial charge in [0.05, 0.1) is 12.4 Å². The van der Waals surface area contributed by atoms with Crippen LogP contribution in [0.25, 0.3) is 0 Å². The number of rotatable bonds is 4. The van der Waals surface area contributed by atoms with Gasteiger partial charge in [-0.25, -0.2) is 13.2 Å². The summed E-state index contributed by atoms with van der Waals surface area (Å²) in [5.41, 5.74) is 2.36. The number of hydrogen-bond acceptors (Lipinski definition) is 2. The van der Waals surface area contributed by atoms with Crippen LogP contribution in [-0.4, -0.2) is 12.4 Å². The number of nitrogens with zero attached hydrogens (tertiary/aromatic N) is 2. The highest BCUT2D eigenvalue weighted by molar-refractivity contribution is 5.82. The van der Waals surface area contributed by atoms with Crippen molar-refractivity contribution >= 4 is 12.4 Å².